The summed E-state index contributed by atoms with van der Waals surface area (Å²) in [5.74, 6) is 1.31. The molecule has 70 valence electrons. The van der Waals surface area contributed by atoms with Crippen molar-refractivity contribution in [2.75, 3.05) is 18.8 Å². The van der Waals surface area contributed by atoms with Crippen LogP contribution in [0.4, 0.5) is 0 Å². The van der Waals surface area contributed by atoms with Crippen molar-refractivity contribution in [3.63, 3.8) is 0 Å². The minimum absolute atomic E-state index is 0.437. The smallest absolute Gasteiger partial charge is 0.0308 e. The Labute approximate surface area is 83.9 Å². The summed E-state index contributed by atoms with van der Waals surface area (Å²) < 4.78 is 0.437. The molecule has 1 nitrogen and oxygen atoms in total. The molecule has 0 aliphatic carbocycles. The van der Waals surface area contributed by atoms with Crippen molar-refractivity contribution >= 4 is 23.4 Å². The van der Waals surface area contributed by atoms with Crippen LogP contribution < -0.4 is 5.32 Å². The zero-order chi connectivity index (χ0) is 9.03. The van der Waals surface area contributed by atoms with E-state index >= 15 is 0 Å². The third-order valence-electron chi connectivity index (χ3n) is 2.12. The topological polar surface area (TPSA) is 12.0 Å². The van der Waals surface area contributed by atoms with Gasteiger partial charge in [0, 0.05) is 22.9 Å². The van der Waals surface area contributed by atoms with E-state index in [0.29, 0.717) is 9.78 Å². The van der Waals surface area contributed by atoms with Crippen molar-refractivity contribution in [1.29, 1.82) is 0 Å². The van der Waals surface area contributed by atoms with Crippen molar-refractivity contribution in [2.45, 2.75) is 24.5 Å². The summed E-state index contributed by atoms with van der Waals surface area (Å²) in [5, 5.41) is 4.01. The zero-order valence-corrected chi connectivity index (χ0v) is 9.10. The molecule has 1 aliphatic heterocycles. The van der Waals surface area contributed by atoms with Gasteiger partial charge in [-0.3, -0.25) is 0 Å². The number of hydrogen-bond acceptors (Lipinski definition) is 2. The Balaban J connectivity index is 2.17. The quantitative estimate of drug-likeness (QED) is 0.758. The van der Waals surface area contributed by atoms with Crippen LogP contribution in [0.15, 0.2) is 11.6 Å². The van der Waals surface area contributed by atoms with Crippen LogP contribution in [0.2, 0.25) is 0 Å². The Morgan fingerprint density at radius 1 is 1.75 bits per heavy atom. The molecule has 0 spiro atoms. The van der Waals surface area contributed by atoms with E-state index in [1.807, 2.05) is 0 Å². The molecule has 1 fully saturated rings. The third-order valence-corrected chi connectivity index (χ3v) is 3.79. The van der Waals surface area contributed by atoms with E-state index in [4.69, 9.17) is 11.6 Å². The van der Waals surface area contributed by atoms with Gasteiger partial charge in [-0.25, -0.2) is 0 Å². The summed E-state index contributed by atoms with van der Waals surface area (Å²) in [6.07, 6.45) is 2.67. The highest BCUT2D eigenvalue weighted by Gasteiger charge is 2.28. The first-order valence-electron chi connectivity index (χ1n) is 4.30. The number of rotatable bonds is 4. The van der Waals surface area contributed by atoms with Crippen LogP contribution in [-0.4, -0.2) is 23.6 Å². The number of hydrogen-bond donors (Lipinski definition) is 1. The van der Waals surface area contributed by atoms with Crippen molar-refractivity contribution in [1.82, 2.24) is 5.32 Å². The number of thioether (sulfide) groups is 1. The monoisotopic (exact) mass is 205 g/mol. The summed E-state index contributed by atoms with van der Waals surface area (Å²) in [4.78, 5) is 0. The summed E-state index contributed by atoms with van der Waals surface area (Å²) >= 11 is 7.71. The average Bonchev–Trinajstić information content (AvgIpc) is 2.35. The van der Waals surface area contributed by atoms with Gasteiger partial charge < -0.3 is 5.32 Å². The molecule has 1 unspecified atom stereocenters. The standard InChI is InChI=1S/C9H16ClNS/c1-8(10)6-11-7-9(2)4-3-5-12-9/h11H,1,3-7H2,2H3. The van der Waals surface area contributed by atoms with Gasteiger partial charge in [-0.05, 0) is 25.5 Å². The van der Waals surface area contributed by atoms with Gasteiger partial charge in [0.1, 0.15) is 0 Å². The Morgan fingerprint density at radius 2 is 2.50 bits per heavy atom. The molecule has 12 heavy (non-hydrogen) atoms. The molecule has 1 aliphatic rings. The van der Waals surface area contributed by atoms with Gasteiger partial charge in [-0.15, -0.1) is 0 Å². The SMILES string of the molecule is C=C(Cl)CNCC1(C)CCCS1. The first-order chi connectivity index (χ1) is 5.62. The highest BCUT2D eigenvalue weighted by molar-refractivity contribution is 8.00. The average molecular weight is 206 g/mol. The van der Waals surface area contributed by atoms with Crippen LogP contribution in [0.1, 0.15) is 19.8 Å². The van der Waals surface area contributed by atoms with Crippen molar-refractivity contribution in [2.24, 2.45) is 0 Å². The lowest BCUT2D eigenvalue weighted by Crippen LogP contribution is -2.33. The molecule has 0 aromatic heterocycles. The maximum atomic E-state index is 5.64. The van der Waals surface area contributed by atoms with Crippen LogP contribution >= 0.6 is 23.4 Å². The van der Waals surface area contributed by atoms with E-state index in [1.54, 1.807) is 0 Å². The van der Waals surface area contributed by atoms with Gasteiger partial charge in [0.05, 0.1) is 0 Å². The molecular formula is C9H16ClNS. The lowest BCUT2D eigenvalue weighted by Gasteiger charge is -2.22. The summed E-state index contributed by atoms with van der Waals surface area (Å²) in [6, 6.07) is 0. The van der Waals surface area contributed by atoms with Crippen LogP contribution in [-0.2, 0) is 0 Å². The molecule has 0 amide bonds. The zero-order valence-electron chi connectivity index (χ0n) is 7.53. The normalized spacial score (nSPS) is 29.2. The first-order valence-corrected chi connectivity index (χ1v) is 5.67. The fourth-order valence-corrected chi connectivity index (χ4v) is 2.81. The highest BCUT2D eigenvalue weighted by atomic mass is 35.5. The van der Waals surface area contributed by atoms with E-state index in [-0.39, 0.29) is 0 Å². The maximum Gasteiger partial charge on any atom is 0.0308 e. The molecule has 1 saturated heterocycles. The lowest BCUT2D eigenvalue weighted by molar-refractivity contribution is 0.555. The van der Waals surface area contributed by atoms with Gasteiger partial charge in [-0.2, -0.15) is 11.8 Å². The summed E-state index contributed by atoms with van der Waals surface area (Å²) in [6.45, 7) is 7.73. The number of halogens is 1. The molecule has 0 aromatic rings. The van der Waals surface area contributed by atoms with E-state index in [0.717, 1.165) is 13.1 Å². The van der Waals surface area contributed by atoms with Crippen molar-refractivity contribution in [3.05, 3.63) is 11.6 Å². The molecule has 0 bridgehead atoms. The third kappa shape index (κ3) is 3.38. The number of nitrogens with one attached hydrogen (secondary N) is 1. The molecule has 1 rings (SSSR count). The van der Waals surface area contributed by atoms with Gasteiger partial charge in [0.2, 0.25) is 0 Å². The Morgan fingerprint density at radius 3 is 3.00 bits per heavy atom. The molecule has 1 atom stereocenters. The minimum Gasteiger partial charge on any atom is -0.310 e. The Kier molecular flexibility index (Phi) is 3.94. The van der Waals surface area contributed by atoms with E-state index in [2.05, 4.69) is 30.6 Å². The van der Waals surface area contributed by atoms with E-state index < -0.39 is 0 Å². The van der Waals surface area contributed by atoms with Crippen LogP contribution in [0.25, 0.3) is 0 Å². The highest BCUT2D eigenvalue weighted by Crippen LogP contribution is 2.36. The fourth-order valence-electron chi connectivity index (χ4n) is 1.44. The predicted octanol–water partition coefficient (Wildman–Crippen LogP) is 2.61. The maximum absolute atomic E-state index is 5.64. The summed E-state index contributed by atoms with van der Waals surface area (Å²) in [5.41, 5.74) is 0. The van der Waals surface area contributed by atoms with Gasteiger partial charge in [-0.1, -0.05) is 18.2 Å². The van der Waals surface area contributed by atoms with Gasteiger partial charge in [0.15, 0.2) is 0 Å². The Bertz CT molecular complexity index is 164. The molecule has 1 heterocycles. The van der Waals surface area contributed by atoms with Crippen molar-refractivity contribution < 1.29 is 0 Å². The van der Waals surface area contributed by atoms with Crippen LogP contribution in [0.5, 0.6) is 0 Å². The fraction of sp³-hybridized carbons (Fsp3) is 0.778. The minimum atomic E-state index is 0.437. The molecule has 1 N–H and O–H groups in total. The van der Waals surface area contributed by atoms with Gasteiger partial charge >= 0.3 is 0 Å². The first kappa shape index (κ1) is 10.4. The molecular weight excluding hydrogens is 190 g/mol. The lowest BCUT2D eigenvalue weighted by atomic mass is 10.1. The largest absolute Gasteiger partial charge is 0.310 e. The van der Waals surface area contributed by atoms with Gasteiger partial charge in [0.25, 0.3) is 0 Å². The van der Waals surface area contributed by atoms with Crippen LogP contribution in [0.3, 0.4) is 0 Å². The molecule has 0 aromatic carbocycles. The Hall–Kier alpha value is 0.340. The molecule has 0 saturated carbocycles. The van der Waals surface area contributed by atoms with Crippen molar-refractivity contribution in [3.8, 4) is 0 Å². The van der Waals surface area contributed by atoms with Crippen LogP contribution in [0, 0.1) is 0 Å². The second kappa shape index (κ2) is 4.54. The summed E-state index contributed by atoms with van der Waals surface area (Å²) in [7, 11) is 0. The predicted molar refractivity (Wildman–Crippen MR) is 58.0 cm³/mol. The second-order valence-electron chi connectivity index (χ2n) is 3.52. The van der Waals surface area contributed by atoms with E-state index in [9.17, 15) is 0 Å². The molecule has 3 heteroatoms. The van der Waals surface area contributed by atoms with E-state index in [1.165, 1.54) is 18.6 Å². The second-order valence-corrected chi connectivity index (χ2v) is 5.74. The molecule has 0 radical (unpaired) electrons.